The van der Waals surface area contributed by atoms with Crippen molar-refractivity contribution in [3.8, 4) is 0 Å². The lowest BCUT2D eigenvalue weighted by atomic mass is 10.2. The van der Waals surface area contributed by atoms with Gasteiger partial charge in [0.1, 0.15) is 0 Å². The summed E-state index contributed by atoms with van der Waals surface area (Å²) in [4.78, 5) is 16.3. The molecule has 0 aliphatic heterocycles. The molecule has 0 spiro atoms. The minimum atomic E-state index is -3.66. The number of rotatable bonds is 6. The number of thiazole rings is 1. The van der Waals surface area contributed by atoms with Crippen molar-refractivity contribution in [2.24, 2.45) is 0 Å². The first-order valence-corrected chi connectivity index (χ1v) is 10.5. The number of carbonyl (C=O) groups is 1. The third kappa shape index (κ3) is 4.20. The van der Waals surface area contributed by atoms with Crippen LogP contribution in [0.4, 0.5) is 10.8 Å². The van der Waals surface area contributed by atoms with Crippen LogP contribution in [0.15, 0.2) is 47.4 Å². The molecule has 0 aliphatic carbocycles. The van der Waals surface area contributed by atoms with E-state index < -0.39 is 10.0 Å². The number of aryl methyl sites for hydroxylation is 1. The summed E-state index contributed by atoms with van der Waals surface area (Å²) in [6, 6.07) is 11.8. The van der Waals surface area contributed by atoms with Gasteiger partial charge >= 0.3 is 0 Å². The molecule has 0 atom stereocenters. The number of nitrogens with zero attached hydrogens (tertiary/aromatic N) is 1. The van der Waals surface area contributed by atoms with E-state index in [1.807, 2.05) is 13.8 Å². The predicted molar refractivity (Wildman–Crippen MR) is 105 cm³/mol. The highest BCUT2D eigenvalue weighted by Gasteiger charge is 2.15. The third-order valence-electron chi connectivity index (χ3n) is 3.69. The molecule has 6 nitrogen and oxygen atoms in total. The van der Waals surface area contributed by atoms with Gasteiger partial charge in [0.15, 0.2) is 5.13 Å². The van der Waals surface area contributed by atoms with Gasteiger partial charge in [-0.2, -0.15) is 0 Å². The van der Waals surface area contributed by atoms with Crippen molar-refractivity contribution in [1.82, 2.24) is 4.98 Å². The maximum atomic E-state index is 12.5. The number of fused-ring (bicyclic) bond motifs is 1. The second-order valence-corrected chi connectivity index (χ2v) is 8.63. The van der Waals surface area contributed by atoms with Crippen molar-refractivity contribution in [2.75, 3.05) is 10.0 Å². The van der Waals surface area contributed by atoms with Gasteiger partial charge in [-0.1, -0.05) is 36.0 Å². The van der Waals surface area contributed by atoms with Crippen molar-refractivity contribution < 1.29 is 13.2 Å². The summed E-state index contributed by atoms with van der Waals surface area (Å²) < 4.78 is 28.4. The van der Waals surface area contributed by atoms with Crippen LogP contribution in [0.2, 0.25) is 0 Å². The molecular weight excluding hydrogens is 370 g/mol. The molecule has 8 heteroatoms. The van der Waals surface area contributed by atoms with Crippen LogP contribution in [-0.4, -0.2) is 19.3 Å². The summed E-state index contributed by atoms with van der Waals surface area (Å²) in [5.74, 6) is -0.0770. The van der Waals surface area contributed by atoms with Crippen LogP contribution in [0.1, 0.15) is 25.3 Å². The smallest absolute Gasteiger partial charge is 0.261 e. The normalized spacial score (nSPS) is 11.5. The zero-order valence-electron chi connectivity index (χ0n) is 14.4. The van der Waals surface area contributed by atoms with E-state index in [1.54, 1.807) is 42.5 Å². The molecule has 1 aromatic heterocycles. The van der Waals surface area contributed by atoms with E-state index in [0.717, 1.165) is 16.7 Å². The minimum absolute atomic E-state index is 0.0770. The Morgan fingerprint density at radius 3 is 2.58 bits per heavy atom. The van der Waals surface area contributed by atoms with E-state index >= 15 is 0 Å². The van der Waals surface area contributed by atoms with E-state index in [4.69, 9.17) is 0 Å². The zero-order chi connectivity index (χ0) is 18.7. The Balaban J connectivity index is 1.82. The summed E-state index contributed by atoms with van der Waals surface area (Å²) >= 11 is 1.36. The van der Waals surface area contributed by atoms with Crippen molar-refractivity contribution in [2.45, 2.75) is 31.6 Å². The number of sulfonamides is 1. The molecule has 3 rings (SSSR count). The first kappa shape index (κ1) is 18.3. The minimum Gasteiger partial charge on any atom is -0.302 e. The van der Waals surface area contributed by atoms with Gasteiger partial charge in [0.05, 0.1) is 20.8 Å². The van der Waals surface area contributed by atoms with Crippen LogP contribution in [-0.2, 0) is 14.8 Å². The van der Waals surface area contributed by atoms with Gasteiger partial charge in [-0.15, -0.1) is 0 Å². The number of hydrogen-bond acceptors (Lipinski definition) is 5. The number of amides is 1. The fourth-order valence-electron chi connectivity index (χ4n) is 2.38. The molecule has 0 aliphatic rings. The van der Waals surface area contributed by atoms with Crippen LogP contribution >= 0.6 is 11.3 Å². The summed E-state index contributed by atoms with van der Waals surface area (Å²) in [5, 5.41) is 3.27. The van der Waals surface area contributed by atoms with Gasteiger partial charge in [0, 0.05) is 6.42 Å². The second-order valence-electron chi connectivity index (χ2n) is 5.92. The molecule has 3 aromatic rings. The molecule has 0 saturated carbocycles. The Bertz CT molecular complexity index is 1040. The average Bonchev–Trinajstić information content (AvgIpc) is 2.96. The van der Waals surface area contributed by atoms with Gasteiger partial charge in [0.25, 0.3) is 10.0 Å². The monoisotopic (exact) mass is 389 g/mol. The Morgan fingerprint density at radius 2 is 1.88 bits per heavy atom. The van der Waals surface area contributed by atoms with Gasteiger partial charge in [0.2, 0.25) is 5.91 Å². The average molecular weight is 390 g/mol. The van der Waals surface area contributed by atoms with Gasteiger partial charge < -0.3 is 5.32 Å². The van der Waals surface area contributed by atoms with E-state index in [1.165, 1.54) is 11.3 Å². The number of anilines is 2. The lowest BCUT2D eigenvalue weighted by molar-refractivity contribution is -0.116. The van der Waals surface area contributed by atoms with Crippen LogP contribution < -0.4 is 10.0 Å². The Morgan fingerprint density at radius 1 is 1.15 bits per heavy atom. The SMILES string of the molecule is CCCC(=O)Nc1nc2cc(NS(=O)(=O)c3ccc(C)cc3)ccc2s1. The van der Waals surface area contributed by atoms with Crippen LogP contribution in [0, 0.1) is 6.92 Å². The molecule has 0 saturated heterocycles. The summed E-state index contributed by atoms with van der Waals surface area (Å²) in [6.45, 7) is 3.83. The lowest BCUT2D eigenvalue weighted by Crippen LogP contribution is -2.12. The van der Waals surface area contributed by atoms with Gasteiger partial charge in [-0.3, -0.25) is 9.52 Å². The highest BCUT2D eigenvalue weighted by Crippen LogP contribution is 2.29. The second kappa shape index (κ2) is 7.43. The van der Waals surface area contributed by atoms with Crippen LogP contribution in [0.3, 0.4) is 0 Å². The first-order chi connectivity index (χ1) is 12.4. The van der Waals surface area contributed by atoms with Crippen LogP contribution in [0.25, 0.3) is 10.2 Å². The Hall–Kier alpha value is -2.45. The molecule has 0 unspecified atom stereocenters. The largest absolute Gasteiger partial charge is 0.302 e. The van der Waals surface area contributed by atoms with E-state index in [0.29, 0.717) is 22.8 Å². The third-order valence-corrected chi connectivity index (χ3v) is 6.04. The first-order valence-electron chi connectivity index (χ1n) is 8.17. The Labute approximate surface area is 156 Å². The molecule has 136 valence electrons. The quantitative estimate of drug-likeness (QED) is 0.663. The lowest BCUT2D eigenvalue weighted by Gasteiger charge is -2.08. The molecule has 0 radical (unpaired) electrons. The summed E-state index contributed by atoms with van der Waals surface area (Å²) in [5.41, 5.74) is 2.05. The predicted octanol–water partition coefficient (Wildman–Crippen LogP) is 4.14. The number of aromatic nitrogens is 1. The topological polar surface area (TPSA) is 88.2 Å². The summed E-state index contributed by atoms with van der Waals surface area (Å²) in [7, 11) is -3.66. The van der Waals surface area contributed by atoms with E-state index in [-0.39, 0.29) is 10.8 Å². The highest BCUT2D eigenvalue weighted by atomic mass is 32.2. The molecule has 2 N–H and O–H groups in total. The van der Waals surface area contributed by atoms with Crippen molar-refractivity contribution >= 4 is 48.3 Å². The maximum absolute atomic E-state index is 12.5. The van der Waals surface area contributed by atoms with Crippen molar-refractivity contribution in [3.63, 3.8) is 0 Å². The summed E-state index contributed by atoms with van der Waals surface area (Å²) in [6.07, 6.45) is 1.21. The van der Waals surface area contributed by atoms with Gasteiger partial charge in [-0.05, 0) is 43.7 Å². The maximum Gasteiger partial charge on any atom is 0.261 e. The molecular formula is C18H19N3O3S2. The van der Waals surface area contributed by atoms with E-state index in [2.05, 4.69) is 15.0 Å². The molecule has 1 heterocycles. The van der Waals surface area contributed by atoms with Gasteiger partial charge in [-0.25, -0.2) is 13.4 Å². The number of hydrogen-bond donors (Lipinski definition) is 2. The molecule has 26 heavy (non-hydrogen) atoms. The number of benzene rings is 2. The van der Waals surface area contributed by atoms with Crippen molar-refractivity contribution in [3.05, 3.63) is 48.0 Å². The van der Waals surface area contributed by atoms with Crippen molar-refractivity contribution in [1.29, 1.82) is 0 Å². The highest BCUT2D eigenvalue weighted by molar-refractivity contribution is 7.92. The van der Waals surface area contributed by atoms with Crippen LogP contribution in [0.5, 0.6) is 0 Å². The molecule has 2 aromatic carbocycles. The number of carbonyl (C=O) groups excluding carboxylic acids is 1. The number of nitrogens with one attached hydrogen (secondary N) is 2. The fourth-order valence-corrected chi connectivity index (χ4v) is 4.30. The Kier molecular flexibility index (Phi) is 5.24. The molecule has 0 fully saturated rings. The van der Waals surface area contributed by atoms with E-state index in [9.17, 15) is 13.2 Å². The molecule has 0 bridgehead atoms. The molecule has 1 amide bonds. The fraction of sp³-hybridized carbons (Fsp3) is 0.222. The zero-order valence-corrected chi connectivity index (χ0v) is 16.1. The standard InChI is InChI=1S/C18H19N3O3S2/c1-3-4-17(22)20-18-19-15-11-13(7-10-16(15)25-18)21-26(23,24)14-8-5-12(2)6-9-14/h5-11,21H,3-4H2,1-2H3,(H,19,20,22).